The van der Waals surface area contributed by atoms with Gasteiger partial charge in [-0.05, 0) is 30.9 Å². The van der Waals surface area contributed by atoms with Gasteiger partial charge in [0.25, 0.3) is 0 Å². The molecule has 90 valence electrons. The fourth-order valence-electron chi connectivity index (χ4n) is 2.26. The van der Waals surface area contributed by atoms with Gasteiger partial charge in [0, 0.05) is 13.1 Å². The van der Waals surface area contributed by atoms with Crippen molar-refractivity contribution in [3.8, 4) is 6.07 Å². The van der Waals surface area contributed by atoms with E-state index in [0.29, 0.717) is 0 Å². The Kier molecular flexibility index (Phi) is 3.48. The first kappa shape index (κ1) is 11.7. The molecular weight excluding hydrogens is 212 g/mol. The summed E-state index contributed by atoms with van der Waals surface area (Å²) in [6, 6.07) is 4.40. The number of aryl methyl sites for hydroxylation is 1. The summed E-state index contributed by atoms with van der Waals surface area (Å²) in [4.78, 5) is 6.56. The number of piperidine rings is 1. The molecule has 1 aromatic heterocycles. The molecule has 2 heterocycles. The van der Waals surface area contributed by atoms with Crippen LogP contribution in [0.4, 0.5) is 11.5 Å². The first-order chi connectivity index (χ1) is 8.24. The molecule has 2 N–H and O–H groups in total. The van der Waals surface area contributed by atoms with Crippen molar-refractivity contribution in [1.29, 1.82) is 5.26 Å². The van der Waals surface area contributed by atoms with E-state index in [-0.39, 0.29) is 5.92 Å². The van der Waals surface area contributed by atoms with Crippen LogP contribution >= 0.6 is 0 Å². The number of nitrogen functional groups attached to an aromatic ring is 1. The lowest BCUT2D eigenvalue weighted by Gasteiger charge is -2.30. The van der Waals surface area contributed by atoms with E-state index >= 15 is 0 Å². The standard InChI is InChI=1S/C13H18N4/c1-2-11-6-13(16-8-12(11)15)17-5-3-4-10(7-14)9-17/h6,8,10H,2-5,9,15H2,1H3. The molecule has 0 aromatic carbocycles. The molecule has 0 bridgehead atoms. The minimum absolute atomic E-state index is 0.133. The van der Waals surface area contributed by atoms with Gasteiger partial charge >= 0.3 is 0 Å². The summed E-state index contributed by atoms with van der Waals surface area (Å²) in [6.07, 6.45) is 4.70. The highest BCUT2D eigenvalue weighted by molar-refractivity contribution is 5.53. The van der Waals surface area contributed by atoms with Crippen LogP contribution in [0.25, 0.3) is 0 Å². The third-order valence-electron chi connectivity index (χ3n) is 3.32. The molecular formula is C13H18N4. The smallest absolute Gasteiger partial charge is 0.128 e. The second kappa shape index (κ2) is 5.05. The summed E-state index contributed by atoms with van der Waals surface area (Å²) < 4.78 is 0. The molecule has 0 aliphatic carbocycles. The molecule has 1 fully saturated rings. The molecule has 0 amide bonds. The zero-order valence-electron chi connectivity index (χ0n) is 10.2. The van der Waals surface area contributed by atoms with E-state index in [9.17, 15) is 0 Å². The lowest BCUT2D eigenvalue weighted by atomic mass is 9.99. The fraction of sp³-hybridized carbons (Fsp3) is 0.538. The SMILES string of the molecule is CCc1cc(N2CCCC(C#N)C2)ncc1N. The highest BCUT2D eigenvalue weighted by atomic mass is 15.2. The van der Waals surface area contributed by atoms with E-state index in [2.05, 4.69) is 28.9 Å². The van der Waals surface area contributed by atoms with Gasteiger partial charge in [0.15, 0.2) is 0 Å². The number of rotatable bonds is 2. The summed E-state index contributed by atoms with van der Waals surface area (Å²) in [6.45, 7) is 3.86. The monoisotopic (exact) mass is 230 g/mol. The number of nitrogens with zero attached hydrogens (tertiary/aromatic N) is 3. The van der Waals surface area contributed by atoms with E-state index in [0.717, 1.165) is 49.4 Å². The Morgan fingerprint density at radius 1 is 1.65 bits per heavy atom. The largest absolute Gasteiger partial charge is 0.397 e. The van der Waals surface area contributed by atoms with Crippen molar-refractivity contribution in [3.63, 3.8) is 0 Å². The summed E-state index contributed by atoms with van der Waals surface area (Å²) in [5.74, 6) is 1.09. The summed E-state index contributed by atoms with van der Waals surface area (Å²) >= 11 is 0. The van der Waals surface area contributed by atoms with E-state index < -0.39 is 0 Å². The first-order valence-electron chi connectivity index (χ1n) is 6.13. The molecule has 2 rings (SSSR count). The molecule has 0 spiro atoms. The predicted octanol–water partition coefficient (Wildman–Crippen LogP) is 1.97. The Morgan fingerprint density at radius 3 is 3.18 bits per heavy atom. The maximum absolute atomic E-state index is 8.98. The Bertz CT molecular complexity index is 436. The van der Waals surface area contributed by atoms with Crippen molar-refractivity contribution in [2.45, 2.75) is 26.2 Å². The van der Waals surface area contributed by atoms with Crippen LogP contribution in [0.3, 0.4) is 0 Å². The van der Waals surface area contributed by atoms with Gasteiger partial charge in [0.05, 0.1) is 23.9 Å². The molecule has 0 saturated carbocycles. The first-order valence-corrected chi connectivity index (χ1v) is 6.13. The quantitative estimate of drug-likeness (QED) is 0.843. The van der Waals surface area contributed by atoms with Gasteiger partial charge in [0.2, 0.25) is 0 Å². The second-order valence-electron chi connectivity index (χ2n) is 4.51. The van der Waals surface area contributed by atoms with Gasteiger partial charge in [-0.2, -0.15) is 5.26 Å². The topological polar surface area (TPSA) is 65.9 Å². The van der Waals surface area contributed by atoms with Crippen LogP contribution in [-0.2, 0) is 6.42 Å². The van der Waals surface area contributed by atoms with Crippen LogP contribution < -0.4 is 10.6 Å². The van der Waals surface area contributed by atoms with Gasteiger partial charge in [-0.3, -0.25) is 0 Å². The zero-order valence-corrected chi connectivity index (χ0v) is 10.2. The summed E-state index contributed by atoms with van der Waals surface area (Å²) in [5, 5.41) is 8.98. The number of hydrogen-bond acceptors (Lipinski definition) is 4. The molecule has 17 heavy (non-hydrogen) atoms. The molecule has 1 aliphatic rings. The van der Waals surface area contributed by atoms with Gasteiger partial charge in [-0.25, -0.2) is 4.98 Å². The third kappa shape index (κ3) is 2.50. The van der Waals surface area contributed by atoms with Gasteiger partial charge in [-0.15, -0.1) is 0 Å². The minimum Gasteiger partial charge on any atom is -0.397 e. The maximum Gasteiger partial charge on any atom is 0.128 e. The van der Waals surface area contributed by atoms with Crippen LogP contribution in [0.1, 0.15) is 25.3 Å². The van der Waals surface area contributed by atoms with E-state index in [4.69, 9.17) is 11.0 Å². The van der Waals surface area contributed by atoms with Crippen molar-refractivity contribution < 1.29 is 0 Å². The van der Waals surface area contributed by atoms with E-state index in [1.54, 1.807) is 6.20 Å². The van der Waals surface area contributed by atoms with Crippen LogP contribution in [0.2, 0.25) is 0 Å². The zero-order chi connectivity index (χ0) is 12.3. The number of aromatic nitrogens is 1. The predicted molar refractivity (Wildman–Crippen MR) is 68.6 cm³/mol. The summed E-state index contributed by atoms with van der Waals surface area (Å²) in [5.41, 5.74) is 7.74. The molecule has 4 heteroatoms. The van der Waals surface area contributed by atoms with Crippen molar-refractivity contribution >= 4 is 11.5 Å². The third-order valence-corrected chi connectivity index (χ3v) is 3.32. The van der Waals surface area contributed by atoms with E-state index in [1.165, 1.54) is 0 Å². The van der Waals surface area contributed by atoms with Crippen molar-refractivity contribution in [1.82, 2.24) is 4.98 Å². The number of anilines is 2. The van der Waals surface area contributed by atoms with Crippen molar-refractivity contribution in [2.75, 3.05) is 23.7 Å². The lowest BCUT2D eigenvalue weighted by molar-refractivity contribution is 0.490. The Balaban J connectivity index is 2.19. The number of hydrogen-bond donors (Lipinski definition) is 1. The fourth-order valence-corrected chi connectivity index (χ4v) is 2.26. The van der Waals surface area contributed by atoms with Crippen LogP contribution in [0, 0.1) is 17.2 Å². The Labute approximate surface area is 102 Å². The van der Waals surface area contributed by atoms with Gasteiger partial charge in [-0.1, -0.05) is 6.92 Å². The molecule has 1 atom stereocenters. The minimum atomic E-state index is 0.133. The molecule has 1 unspecified atom stereocenters. The number of pyridine rings is 1. The average molecular weight is 230 g/mol. The Hall–Kier alpha value is -1.76. The van der Waals surface area contributed by atoms with Crippen LogP contribution in [-0.4, -0.2) is 18.1 Å². The van der Waals surface area contributed by atoms with Crippen LogP contribution in [0.15, 0.2) is 12.3 Å². The number of nitrogens with two attached hydrogens (primary N) is 1. The maximum atomic E-state index is 8.98. The molecule has 1 aliphatic heterocycles. The van der Waals surface area contributed by atoms with Gasteiger partial charge in [0.1, 0.15) is 5.82 Å². The molecule has 1 aromatic rings. The molecule has 1 saturated heterocycles. The molecule has 4 nitrogen and oxygen atoms in total. The molecule has 0 radical (unpaired) electrons. The Morgan fingerprint density at radius 2 is 2.47 bits per heavy atom. The normalized spacial score (nSPS) is 20.0. The second-order valence-corrected chi connectivity index (χ2v) is 4.51. The van der Waals surface area contributed by atoms with Crippen LogP contribution in [0.5, 0.6) is 0 Å². The van der Waals surface area contributed by atoms with Gasteiger partial charge < -0.3 is 10.6 Å². The summed E-state index contributed by atoms with van der Waals surface area (Å²) in [7, 11) is 0. The van der Waals surface area contributed by atoms with E-state index in [1.807, 2.05) is 0 Å². The van der Waals surface area contributed by atoms with Crippen molar-refractivity contribution in [3.05, 3.63) is 17.8 Å². The van der Waals surface area contributed by atoms with Crippen molar-refractivity contribution in [2.24, 2.45) is 5.92 Å². The lowest BCUT2D eigenvalue weighted by Crippen LogP contribution is -2.35. The highest BCUT2D eigenvalue weighted by Gasteiger charge is 2.20. The number of nitriles is 1. The average Bonchev–Trinajstić information content (AvgIpc) is 2.39. The highest BCUT2D eigenvalue weighted by Crippen LogP contribution is 2.23.